The zero-order valence-electron chi connectivity index (χ0n) is 15.7. The lowest BCUT2D eigenvalue weighted by atomic mass is 9.89. The molecule has 2 aromatic rings. The van der Waals surface area contributed by atoms with Gasteiger partial charge >= 0.3 is 6.03 Å². The largest absolute Gasteiger partial charge is 0.494 e. The summed E-state index contributed by atoms with van der Waals surface area (Å²) in [5.74, 6) is 0.805. The van der Waals surface area contributed by atoms with Gasteiger partial charge in [-0.2, -0.15) is 0 Å². The van der Waals surface area contributed by atoms with Gasteiger partial charge in [-0.3, -0.25) is 0 Å². The number of rotatable bonds is 6. The number of carbonyl (C=O) groups is 1. The van der Waals surface area contributed by atoms with E-state index < -0.39 is 0 Å². The van der Waals surface area contributed by atoms with Crippen LogP contribution in [0, 0.1) is 0 Å². The van der Waals surface area contributed by atoms with Gasteiger partial charge in [0.1, 0.15) is 5.75 Å². The van der Waals surface area contributed by atoms with Crippen LogP contribution in [-0.4, -0.2) is 12.6 Å². The maximum Gasteiger partial charge on any atom is 0.319 e. The highest BCUT2D eigenvalue weighted by Crippen LogP contribution is 2.26. The molecular formula is C22H28N2O2. The number of carbonyl (C=O) groups excluding carboxylic acids is 1. The molecule has 0 radical (unpaired) electrons. The molecule has 0 aliphatic heterocycles. The highest BCUT2D eigenvalue weighted by molar-refractivity contribution is 5.89. The molecule has 4 nitrogen and oxygen atoms in total. The molecule has 2 aromatic carbocycles. The topological polar surface area (TPSA) is 50.4 Å². The Kier molecular flexibility index (Phi) is 6.16. The summed E-state index contributed by atoms with van der Waals surface area (Å²) in [5.41, 5.74) is 4.86. The molecule has 2 amide bonds. The first-order valence-electron chi connectivity index (χ1n) is 9.61. The van der Waals surface area contributed by atoms with Crippen molar-refractivity contribution >= 4 is 11.7 Å². The van der Waals surface area contributed by atoms with Crippen molar-refractivity contribution in [3.8, 4) is 5.75 Å². The lowest BCUT2D eigenvalue weighted by Gasteiger charge is -2.22. The lowest BCUT2D eigenvalue weighted by molar-refractivity contribution is 0.248. The van der Waals surface area contributed by atoms with E-state index in [-0.39, 0.29) is 12.1 Å². The monoisotopic (exact) mass is 352 g/mol. The van der Waals surface area contributed by atoms with Crippen molar-refractivity contribution in [2.45, 2.75) is 52.0 Å². The molecule has 3 rings (SSSR count). The van der Waals surface area contributed by atoms with E-state index in [2.05, 4.69) is 35.8 Å². The van der Waals surface area contributed by atoms with E-state index in [1.807, 2.05) is 31.2 Å². The van der Waals surface area contributed by atoms with Crippen LogP contribution in [0.3, 0.4) is 0 Å². The van der Waals surface area contributed by atoms with Gasteiger partial charge < -0.3 is 15.4 Å². The van der Waals surface area contributed by atoms with Gasteiger partial charge in [0.05, 0.1) is 12.6 Å². The van der Waals surface area contributed by atoms with Gasteiger partial charge in [0.25, 0.3) is 0 Å². The van der Waals surface area contributed by atoms with Gasteiger partial charge in [0, 0.05) is 5.69 Å². The Balaban J connectivity index is 1.63. The number of hydrogen-bond donors (Lipinski definition) is 2. The molecular weight excluding hydrogens is 324 g/mol. The SMILES string of the molecule is CCOc1ccc(NC(=O)NC(CC)c2ccc3c(c2)CCCC3)cc1. The Hall–Kier alpha value is -2.49. The number of aryl methyl sites for hydroxylation is 2. The Labute approximate surface area is 156 Å². The van der Waals surface area contributed by atoms with Crippen LogP contribution in [0.15, 0.2) is 42.5 Å². The fourth-order valence-electron chi connectivity index (χ4n) is 3.52. The van der Waals surface area contributed by atoms with E-state index in [0.29, 0.717) is 6.61 Å². The van der Waals surface area contributed by atoms with Crippen LogP contribution < -0.4 is 15.4 Å². The summed E-state index contributed by atoms with van der Waals surface area (Å²) >= 11 is 0. The summed E-state index contributed by atoms with van der Waals surface area (Å²) in [6.45, 7) is 4.68. The third kappa shape index (κ3) is 4.57. The minimum atomic E-state index is -0.182. The quantitative estimate of drug-likeness (QED) is 0.747. The third-order valence-electron chi connectivity index (χ3n) is 4.91. The molecule has 26 heavy (non-hydrogen) atoms. The summed E-state index contributed by atoms with van der Waals surface area (Å²) in [7, 11) is 0. The lowest BCUT2D eigenvalue weighted by Crippen LogP contribution is -2.32. The number of nitrogens with one attached hydrogen (secondary N) is 2. The molecule has 1 aliphatic carbocycles. The van der Waals surface area contributed by atoms with Crippen LogP contribution in [0.5, 0.6) is 5.75 Å². The van der Waals surface area contributed by atoms with Crippen molar-refractivity contribution in [3.05, 3.63) is 59.2 Å². The molecule has 1 atom stereocenters. The molecule has 0 heterocycles. The predicted molar refractivity (Wildman–Crippen MR) is 106 cm³/mol. The first-order valence-corrected chi connectivity index (χ1v) is 9.61. The molecule has 4 heteroatoms. The summed E-state index contributed by atoms with van der Waals surface area (Å²) in [4.78, 5) is 12.4. The van der Waals surface area contributed by atoms with Crippen LogP contribution in [0.25, 0.3) is 0 Å². The average Bonchev–Trinajstić information content (AvgIpc) is 2.67. The van der Waals surface area contributed by atoms with Crippen LogP contribution in [0.1, 0.15) is 55.8 Å². The molecule has 0 saturated heterocycles. The molecule has 138 valence electrons. The zero-order chi connectivity index (χ0) is 18.4. The van der Waals surface area contributed by atoms with Crippen LogP contribution in [0.4, 0.5) is 10.5 Å². The molecule has 0 saturated carbocycles. The van der Waals surface area contributed by atoms with Crippen molar-refractivity contribution in [2.75, 3.05) is 11.9 Å². The summed E-state index contributed by atoms with van der Waals surface area (Å²) in [6, 6.07) is 13.9. The second kappa shape index (κ2) is 8.75. The van der Waals surface area contributed by atoms with Gasteiger partial charge in [-0.15, -0.1) is 0 Å². The molecule has 1 unspecified atom stereocenters. The maximum atomic E-state index is 12.4. The van der Waals surface area contributed by atoms with E-state index in [4.69, 9.17) is 4.74 Å². The van der Waals surface area contributed by atoms with Crippen LogP contribution >= 0.6 is 0 Å². The van der Waals surface area contributed by atoms with Crippen molar-refractivity contribution in [1.82, 2.24) is 5.32 Å². The average molecular weight is 352 g/mol. The minimum Gasteiger partial charge on any atom is -0.494 e. The first kappa shape index (κ1) is 18.3. The normalized spacial score (nSPS) is 14.2. The maximum absolute atomic E-state index is 12.4. The fourth-order valence-corrected chi connectivity index (χ4v) is 3.52. The second-order valence-corrected chi connectivity index (χ2v) is 6.75. The molecule has 2 N–H and O–H groups in total. The summed E-state index contributed by atoms with van der Waals surface area (Å²) in [6.07, 6.45) is 5.73. The molecule has 0 aromatic heterocycles. The highest BCUT2D eigenvalue weighted by atomic mass is 16.5. The van der Waals surface area contributed by atoms with Gasteiger partial charge in [0.15, 0.2) is 0 Å². The van der Waals surface area contributed by atoms with Gasteiger partial charge in [0.2, 0.25) is 0 Å². The molecule has 0 bridgehead atoms. The van der Waals surface area contributed by atoms with E-state index in [9.17, 15) is 4.79 Å². The van der Waals surface area contributed by atoms with Gasteiger partial charge in [-0.25, -0.2) is 4.79 Å². The Morgan fingerprint density at radius 1 is 1.04 bits per heavy atom. The third-order valence-corrected chi connectivity index (χ3v) is 4.91. The fraction of sp³-hybridized carbons (Fsp3) is 0.409. The Morgan fingerprint density at radius 2 is 1.77 bits per heavy atom. The van der Waals surface area contributed by atoms with E-state index in [1.54, 1.807) is 0 Å². The number of ether oxygens (including phenoxy) is 1. The van der Waals surface area contributed by atoms with E-state index in [1.165, 1.54) is 36.0 Å². The van der Waals surface area contributed by atoms with Gasteiger partial charge in [-0.05, 0) is 80.0 Å². The first-order chi connectivity index (χ1) is 12.7. The van der Waals surface area contributed by atoms with Crippen LogP contribution in [0.2, 0.25) is 0 Å². The Morgan fingerprint density at radius 3 is 2.46 bits per heavy atom. The number of fused-ring (bicyclic) bond motifs is 1. The Bertz CT molecular complexity index is 740. The number of anilines is 1. The van der Waals surface area contributed by atoms with Crippen molar-refractivity contribution in [1.29, 1.82) is 0 Å². The highest BCUT2D eigenvalue weighted by Gasteiger charge is 2.16. The second-order valence-electron chi connectivity index (χ2n) is 6.75. The predicted octanol–water partition coefficient (Wildman–Crippen LogP) is 5.24. The summed E-state index contributed by atoms with van der Waals surface area (Å²) < 4.78 is 5.42. The molecule has 0 fully saturated rings. The number of amides is 2. The van der Waals surface area contributed by atoms with Gasteiger partial charge in [-0.1, -0.05) is 25.1 Å². The number of urea groups is 1. The molecule has 1 aliphatic rings. The van der Waals surface area contributed by atoms with Crippen molar-refractivity contribution in [3.63, 3.8) is 0 Å². The number of benzene rings is 2. The van der Waals surface area contributed by atoms with E-state index >= 15 is 0 Å². The standard InChI is InChI=1S/C22H28N2O2/c1-3-21(18-10-9-16-7-5-6-8-17(16)15-18)24-22(25)23-19-11-13-20(14-12-19)26-4-2/h9-15,21H,3-8H2,1-2H3,(H2,23,24,25). The summed E-state index contributed by atoms with van der Waals surface area (Å²) in [5, 5.41) is 6.00. The smallest absolute Gasteiger partial charge is 0.319 e. The van der Waals surface area contributed by atoms with Crippen molar-refractivity contribution in [2.24, 2.45) is 0 Å². The minimum absolute atomic E-state index is 0.0184. The molecule has 0 spiro atoms. The van der Waals surface area contributed by atoms with E-state index in [0.717, 1.165) is 24.3 Å². The van der Waals surface area contributed by atoms with Crippen LogP contribution in [-0.2, 0) is 12.8 Å². The zero-order valence-corrected chi connectivity index (χ0v) is 15.7. The van der Waals surface area contributed by atoms with Crippen molar-refractivity contribution < 1.29 is 9.53 Å². The number of hydrogen-bond acceptors (Lipinski definition) is 2.